The van der Waals surface area contributed by atoms with Gasteiger partial charge in [0.25, 0.3) is 0 Å². The number of aryl methyl sites for hydroxylation is 2. The third-order valence-corrected chi connectivity index (χ3v) is 9.44. The summed E-state index contributed by atoms with van der Waals surface area (Å²) in [4.78, 5) is 21.3. The van der Waals surface area contributed by atoms with E-state index in [0.717, 1.165) is 37.7 Å². The van der Waals surface area contributed by atoms with E-state index in [9.17, 15) is 4.79 Å². The van der Waals surface area contributed by atoms with Crippen LogP contribution in [0.5, 0.6) is 5.75 Å². The van der Waals surface area contributed by atoms with Crippen molar-refractivity contribution in [3.63, 3.8) is 0 Å². The van der Waals surface area contributed by atoms with Gasteiger partial charge in [-0.15, -0.1) is 0 Å². The Bertz CT molecular complexity index is 849. The molecule has 2 heterocycles. The fraction of sp³-hybridized carbons (Fsp3) is 0.750. The van der Waals surface area contributed by atoms with E-state index in [4.69, 9.17) is 9.47 Å². The molecular weight excluding hydrogens is 472 g/mol. The zero-order valence-corrected chi connectivity index (χ0v) is 23.8. The lowest BCUT2D eigenvalue weighted by molar-refractivity contribution is -0.136. The largest absolute Gasteiger partial charge is 0.497 e. The Morgan fingerprint density at radius 3 is 2.39 bits per heavy atom. The maximum absolute atomic E-state index is 12.8. The number of benzene rings is 1. The first-order valence-electron chi connectivity index (χ1n) is 13.7. The molecule has 7 nitrogen and oxygen atoms in total. The second-order valence-electron chi connectivity index (χ2n) is 11.0. The van der Waals surface area contributed by atoms with E-state index >= 15 is 0 Å². The molecular formula is C28H46N4O3S. The molecule has 3 aliphatic rings. The molecule has 1 amide bonds. The maximum Gasteiger partial charge on any atom is 0.248 e. The highest BCUT2D eigenvalue weighted by Gasteiger charge is 2.34. The number of hydrogen-bond acceptors (Lipinski definition) is 7. The van der Waals surface area contributed by atoms with Gasteiger partial charge < -0.3 is 19.3 Å². The molecule has 0 unspecified atom stereocenters. The Hall–Kier alpha value is -1.32. The van der Waals surface area contributed by atoms with Gasteiger partial charge in [0.2, 0.25) is 5.91 Å². The molecule has 1 atom stereocenters. The zero-order valence-electron chi connectivity index (χ0n) is 23.0. The van der Waals surface area contributed by atoms with Crippen LogP contribution in [0.25, 0.3) is 0 Å². The lowest BCUT2D eigenvalue weighted by Crippen LogP contribution is -2.46. The monoisotopic (exact) mass is 518 g/mol. The van der Waals surface area contributed by atoms with Crippen molar-refractivity contribution in [3.8, 4) is 5.75 Å². The Morgan fingerprint density at radius 2 is 1.75 bits per heavy atom. The van der Waals surface area contributed by atoms with E-state index in [1.165, 1.54) is 61.3 Å². The number of methoxy groups -OCH3 is 1. The van der Waals surface area contributed by atoms with Crippen molar-refractivity contribution in [1.82, 2.24) is 19.0 Å². The lowest BCUT2D eigenvalue weighted by atomic mass is 10.0. The molecule has 0 N–H and O–H groups in total. The molecule has 1 saturated carbocycles. The van der Waals surface area contributed by atoms with Gasteiger partial charge in [-0.05, 0) is 107 Å². The van der Waals surface area contributed by atoms with Crippen LogP contribution >= 0.6 is 11.9 Å². The first-order chi connectivity index (χ1) is 17.3. The van der Waals surface area contributed by atoms with Crippen LogP contribution in [0, 0.1) is 19.8 Å². The number of piperidine rings is 1. The lowest BCUT2D eigenvalue weighted by Gasteiger charge is -2.37. The van der Waals surface area contributed by atoms with Gasteiger partial charge in [0.15, 0.2) is 0 Å². The molecule has 1 aromatic carbocycles. The number of carbonyl (C=O) groups is 1. The molecule has 2 saturated heterocycles. The van der Waals surface area contributed by atoms with E-state index in [1.807, 2.05) is 11.9 Å². The SMILES string of the molecule is COc1cc(C)c(SN(C)CCOCC(=O)N(C)[C@H]2CCN(C3CCN(CC4CC4)CC3)C2)c(C)c1. The molecule has 3 fully saturated rings. The van der Waals surface area contributed by atoms with Crippen molar-refractivity contribution in [3.05, 3.63) is 23.3 Å². The molecule has 36 heavy (non-hydrogen) atoms. The van der Waals surface area contributed by atoms with Crippen molar-refractivity contribution < 1.29 is 14.3 Å². The Labute approximate surface area is 222 Å². The number of likely N-dealkylation sites (tertiary alicyclic amines) is 2. The molecule has 0 radical (unpaired) electrons. The highest BCUT2D eigenvalue weighted by Crippen LogP contribution is 2.32. The minimum Gasteiger partial charge on any atom is -0.497 e. The van der Waals surface area contributed by atoms with Gasteiger partial charge in [-0.25, -0.2) is 4.31 Å². The minimum absolute atomic E-state index is 0.0956. The summed E-state index contributed by atoms with van der Waals surface area (Å²) in [5.41, 5.74) is 2.41. The van der Waals surface area contributed by atoms with Crippen LogP contribution in [0.15, 0.2) is 17.0 Å². The molecule has 1 aromatic rings. The predicted octanol–water partition coefficient (Wildman–Crippen LogP) is 3.67. The highest BCUT2D eigenvalue weighted by atomic mass is 32.2. The van der Waals surface area contributed by atoms with Crippen molar-refractivity contribution in [2.24, 2.45) is 5.92 Å². The van der Waals surface area contributed by atoms with Crippen molar-refractivity contribution in [2.75, 3.05) is 73.7 Å². The summed E-state index contributed by atoms with van der Waals surface area (Å²) in [6, 6.07) is 5.13. The van der Waals surface area contributed by atoms with E-state index in [0.29, 0.717) is 18.7 Å². The summed E-state index contributed by atoms with van der Waals surface area (Å²) in [5, 5.41) is 0. The van der Waals surface area contributed by atoms with Gasteiger partial charge in [0, 0.05) is 50.2 Å². The van der Waals surface area contributed by atoms with Gasteiger partial charge in [0.1, 0.15) is 12.4 Å². The predicted molar refractivity (Wildman–Crippen MR) is 147 cm³/mol. The molecule has 1 aliphatic carbocycles. The van der Waals surface area contributed by atoms with Crippen LogP contribution in [0.2, 0.25) is 0 Å². The molecule has 4 rings (SSSR count). The molecule has 2 aliphatic heterocycles. The smallest absolute Gasteiger partial charge is 0.248 e. The van der Waals surface area contributed by atoms with Gasteiger partial charge in [-0.1, -0.05) is 0 Å². The first-order valence-corrected chi connectivity index (χ1v) is 14.5. The average molecular weight is 519 g/mol. The fourth-order valence-corrected chi connectivity index (χ4v) is 6.46. The second-order valence-corrected chi connectivity index (χ2v) is 12.2. The van der Waals surface area contributed by atoms with Crippen LogP contribution in [0.4, 0.5) is 0 Å². The Balaban J connectivity index is 1.12. The molecule has 0 aromatic heterocycles. The van der Waals surface area contributed by atoms with Crippen LogP contribution in [0.3, 0.4) is 0 Å². The van der Waals surface area contributed by atoms with Crippen LogP contribution in [-0.2, 0) is 9.53 Å². The quantitative estimate of drug-likeness (QED) is 0.309. The number of nitrogens with zero attached hydrogens (tertiary/aromatic N) is 4. The molecule has 202 valence electrons. The van der Waals surface area contributed by atoms with E-state index in [-0.39, 0.29) is 12.5 Å². The Kier molecular flexibility index (Phi) is 9.98. The summed E-state index contributed by atoms with van der Waals surface area (Å²) < 4.78 is 13.3. The van der Waals surface area contributed by atoms with Crippen LogP contribution in [0.1, 0.15) is 43.2 Å². The highest BCUT2D eigenvalue weighted by molar-refractivity contribution is 7.97. The minimum atomic E-state index is 0.0956. The van der Waals surface area contributed by atoms with Crippen LogP contribution < -0.4 is 4.74 Å². The topological polar surface area (TPSA) is 48.5 Å². The summed E-state index contributed by atoms with van der Waals surface area (Å²) >= 11 is 1.72. The summed E-state index contributed by atoms with van der Waals surface area (Å²) in [5.74, 6) is 1.97. The number of rotatable bonds is 12. The van der Waals surface area contributed by atoms with Crippen LogP contribution in [-0.4, -0.2) is 111 Å². The first kappa shape index (κ1) is 27.7. The van der Waals surface area contributed by atoms with Gasteiger partial charge >= 0.3 is 0 Å². The van der Waals surface area contributed by atoms with Gasteiger partial charge in [0.05, 0.1) is 13.7 Å². The normalized spacial score (nSPS) is 21.9. The van der Waals surface area contributed by atoms with E-state index in [2.05, 4.69) is 47.1 Å². The van der Waals surface area contributed by atoms with E-state index < -0.39 is 0 Å². The average Bonchev–Trinajstić information content (AvgIpc) is 3.55. The number of hydrogen-bond donors (Lipinski definition) is 0. The number of amides is 1. The van der Waals surface area contributed by atoms with Crippen molar-refractivity contribution in [2.45, 2.75) is 62.9 Å². The van der Waals surface area contributed by atoms with Gasteiger partial charge in [-0.3, -0.25) is 9.69 Å². The Morgan fingerprint density at radius 1 is 1.06 bits per heavy atom. The number of carbonyl (C=O) groups excluding carboxylic acids is 1. The third kappa shape index (κ3) is 7.60. The second kappa shape index (κ2) is 13.0. The molecule has 0 spiro atoms. The summed E-state index contributed by atoms with van der Waals surface area (Å²) in [6.07, 6.45) is 6.51. The third-order valence-electron chi connectivity index (χ3n) is 8.12. The van der Waals surface area contributed by atoms with Crippen molar-refractivity contribution >= 4 is 17.9 Å². The fourth-order valence-electron chi connectivity index (χ4n) is 5.58. The number of likely N-dealkylation sites (N-methyl/N-ethyl adjacent to an activating group) is 2. The standard InChI is InChI=1S/C28H46N4O3S/c1-21-16-26(34-5)17-22(2)28(21)36-29(3)14-15-35-20-27(33)30(4)25-10-13-32(19-25)24-8-11-31(12-9-24)18-23-6-7-23/h16-17,23-25H,6-15,18-20H2,1-5H3/t25-/m0/s1. The van der Waals surface area contributed by atoms with E-state index in [1.54, 1.807) is 19.1 Å². The zero-order chi connectivity index (χ0) is 25.7. The summed E-state index contributed by atoms with van der Waals surface area (Å²) in [6.45, 7) is 11.6. The van der Waals surface area contributed by atoms with Crippen molar-refractivity contribution in [1.29, 1.82) is 0 Å². The number of ether oxygens (including phenoxy) is 2. The molecule has 0 bridgehead atoms. The summed E-state index contributed by atoms with van der Waals surface area (Å²) in [7, 11) is 5.72. The maximum atomic E-state index is 12.8. The van der Waals surface area contributed by atoms with Gasteiger partial charge in [-0.2, -0.15) is 0 Å². The molecule has 8 heteroatoms.